The molecule has 0 aromatic heterocycles. The van der Waals surface area contributed by atoms with Gasteiger partial charge in [0, 0.05) is 37.8 Å². The lowest BCUT2D eigenvalue weighted by Gasteiger charge is -2.29. The molecule has 0 spiro atoms. The number of benzene rings is 2. The predicted octanol–water partition coefficient (Wildman–Crippen LogP) is 3.55. The Morgan fingerprint density at radius 3 is 2.48 bits per heavy atom. The molecule has 0 bridgehead atoms. The molecule has 158 valence electrons. The van der Waals surface area contributed by atoms with Gasteiger partial charge in [0.15, 0.2) is 0 Å². The molecule has 1 heterocycles. The average Bonchev–Trinajstić information content (AvgIpc) is 3.23. The molecule has 1 aliphatic rings. The van der Waals surface area contributed by atoms with Crippen molar-refractivity contribution in [2.24, 2.45) is 0 Å². The van der Waals surface area contributed by atoms with Crippen LogP contribution in [0, 0.1) is 0 Å². The summed E-state index contributed by atoms with van der Waals surface area (Å²) in [6.45, 7) is 6.03. The molecule has 1 saturated heterocycles. The van der Waals surface area contributed by atoms with E-state index in [4.69, 9.17) is 9.47 Å². The van der Waals surface area contributed by atoms with E-state index < -0.39 is 10.0 Å². The Morgan fingerprint density at radius 2 is 1.86 bits per heavy atom. The van der Waals surface area contributed by atoms with E-state index in [2.05, 4.69) is 24.0 Å². The first-order valence-electron chi connectivity index (χ1n) is 9.95. The van der Waals surface area contributed by atoms with E-state index in [0.717, 1.165) is 13.0 Å². The third-order valence-electron chi connectivity index (χ3n) is 5.70. The van der Waals surface area contributed by atoms with Crippen molar-refractivity contribution in [3.8, 4) is 11.5 Å². The minimum absolute atomic E-state index is 0.0768. The van der Waals surface area contributed by atoms with Crippen LogP contribution >= 0.6 is 0 Å². The second-order valence-corrected chi connectivity index (χ2v) is 9.11. The van der Waals surface area contributed by atoms with Crippen LogP contribution in [0.25, 0.3) is 0 Å². The SMILES string of the molecule is CCN(C1CCN(C(C)c2ccccc2)C1)S(=O)(=O)c1cc(OC)ccc1OC. The predicted molar refractivity (Wildman–Crippen MR) is 114 cm³/mol. The molecular formula is C22H30N2O4S. The van der Waals surface area contributed by atoms with Gasteiger partial charge in [-0.25, -0.2) is 8.42 Å². The minimum Gasteiger partial charge on any atom is -0.497 e. The van der Waals surface area contributed by atoms with Crippen LogP contribution in [0.2, 0.25) is 0 Å². The van der Waals surface area contributed by atoms with Crippen LogP contribution in [0.5, 0.6) is 11.5 Å². The molecule has 0 N–H and O–H groups in total. The molecule has 0 saturated carbocycles. The van der Waals surface area contributed by atoms with Gasteiger partial charge >= 0.3 is 0 Å². The maximum Gasteiger partial charge on any atom is 0.247 e. The van der Waals surface area contributed by atoms with Crippen LogP contribution in [-0.4, -0.2) is 57.5 Å². The topological polar surface area (TPSA) is 59.1 Å². The largest absolute Gasteiger partial charge is 0.497 e. The van der Waals surface area contributed by atoms with Crippen molar-refractivity contribution in [1.29, 1.82) is 0 Å². The summed E-state index contributed by atoms with van der Waals surface area (Å²) >= 11 is 0. The highest BCUT2D eigenvalue weighted by Crippen LogP contribution is 2.34. The van der Waals surface area contributed by atoms with Gasteiger partial charge in [-0.1, -0.05) is 37.3 Å². The molecule has 6 nitrogen and oxygen atoms in total. The van der Waals surface area contributed by atoms with E-state index in [0.29, 0.717) is 24.6 Å². The van der Waals surface area contributed by atoms with Crippen LogP contribution in [0.15, 0.2) is 53.4 Å². The van der Waals surface area contributed by atoms with E-state index >= 15 is 0 Å². The van der Waals surface area contributed by atoms with Crippen molar-refractivity contribution in [2.75, 3.05) is 33.9 Å². The number of ether oxygens (including phenoxy) is 2. The van der Waals surface area contributed by atoms with Crippen molar-refractivity contribution in [2.45, 2.75) is 37.2 Å². The van der Waals surface area contributed by atoms with Gasteiger partial charge in [-0.15, -0.1) is 0 Å². The van der Waals surface area contributed by atoms with Crippen molar-refractivity contribution in [3.63, 3.8) is 0 Å². The summed E-state index contributed by atoms with van der Waals surface area (Å²) in [7, 11) is -0.716. The van der Waals surface area contributed by atoms with Gasteiger partial charge in [0.2, 0.25) is 10.0 Å². The molecular weight excluding hydrogens is 388 g/mol. The Labute approximate surface area is 174 Å². The summed E-state index contributed by atoms with van der Waals surface area (Å²) in [5, 5.41) is 0. The molecule has 0 aliphatic carbocycles. The van der Waals surface area contributed by atoms with E-state index in [-0.39, 0.29) is 17.0 Å². The standard InChI is InChI=1S/C22H30N2O4S/c1-5-24(29(25,26)22-15-20(27-3)11-12-21(22)28-4)19-13-14-23(16-19)17(2)18-9-7-6-8-10-18/h6-12,15,17,19H,5,13-14,16H2,1-4H3. The molecule has 3 rings (SSSR count). The van der Waals surface area contributed by atoms with Crippen LogP contribution in [-0.2, 0) is 10.0 Å². The Morgan fingerprint density at radius 1 is 1.14 bits per heavy atom. The van der Waals surface area contributed by atoms with Gasteiger partial charge in [0.25, 0.3) is 0 Å². The first-order valence-corrected chi connectivity index (χ1v) is 11.4. The molecule has 2 unspecified atom stereocenters. The highest BCUT2D eigenvalue weighted by molar-refractivity contribution is 7.89. The van der Waals surface area contributed by atoms with E-state index in [1.807, 2.05) is 25.1 Å². The number of rotatable bonds is 8. The van der Waals surface area contributed by atoms with Crippen LogP contribution in [0.4, 0.5) is 0 Å². The third kappa shape index (κ3) is 4.42. The lowest BCUT2D eigenvalue weighted by atomic mass is 10.1. The molecule has 7 heteroatoms. The molecule has 2 atom stereocenters. The monoisotopic (exact) mass is 418 g/mol. The van der Waals surface area contributed by atoms with Crippen LogP contribution in [0.3, 0.4) is 0 Å². The second kappa shape index (κ2) is 9.15. The van der Waals surface area contributed by atoms with E-state index in [1.165, 1.54) is 25.8 Å². The Hall–Kier alpha value is -2.09. The summed E-state index contributed by atoms with van der Waals surface area (Å²) < 4.78 is 39.2. The van der Waals surface area contributed by atoms with Crippen molar-refractivity contribution in [3.05, 3.63) is 54.1 Å². The van der Waals surface area contributed by atoms with E-state index in [9.17, 15) is 8.42 Å². The fourth-order valence-electron chi connectivity index (χ4n) is 4.03. The lowest BCUT2D eigenvalue weighted by Crippen LogP contribution is -2.42. The normalized spacial score (nSPS) is 18.7. The quantitative estimate of drug-likeness (QED) is 0.656. The zero-order chi connectivity index (χ0) is 21.0. The molecule has 29 heavy (non-hydrogen) atoms. The number of hydrogen-bond donors (Lipinski definition) is 0. The van der Waals surface area contributed by atoms with Gasteiger partial charge < -0.3 is 9.47 Å². The highest BCUT2D eigenvalue weighted by atomic mass is 32.2. The third-order valence-corrected chi connectivity index (χ3v) is 7.75. The van der Waals surface area contributed by atoms with Gasteiger partial charge in [-0.3, -0.25) is 4.90 Å². The first-order chi connectivity index (χ1) is 13.9. The fraction of sp³-hybridized carbons (Fsp3) is 0.455. The maximum absolute atomic E-state index is 13.5. The Kier molecular flexibility index (Phi) is 6.82. The number of likely N-dealkylation sites (tertiary alicyclic amines) is 1. The van der Waals surface area contributed by atoms with Gasteiger partial charge in [-0.2, -0.15) is 4.31 Å². The van der Waals surface area contributed by atoms with Crippen molar-refractivity contribution >= 4 is 10.0 Å². The molecule has 1 aliphatic heterocycles. The Bertz CT molecular complexity index is 918. The zero-order valence-electron chi connectivity index (χ0n) is 17.5. The molecule has 1 fully saturated rings. The van der Waals surface area contributed by atoms with Crippen molar-refractivity contribution < 1.29 is 17.9 Å². The number of nitrogens with zero attached hydrogens (tertiary/aromatic N) is 2. The molecule has 0 radical (unpaired) electrons. The minimum atomic E-state index is -3.72. The fourth-order valence-corrected chi connectivity index (χ4v) is 5.86. The number of methoxy groups -OCH3 is 2. The van der Waals surface area contributed by atoms with Gasteiger partial charge in [0.05, 0.1) is 14.2 Å². The van der Waals surface area contributed by atoms with Gasteiger partial charge in [0.1, 0.15) is 16.4 Å². The summed E-state index contributed by atoms with van der Waals surface area (Å²) in [5.41, 5.74) is 1.24. The summed E-state index contributed by atoms with van der Waals surface area (Å²) in [6, 6.07) is 15.4. The maximum atomic E-state index is 13.5. The summed E-state index contributed by atoms with van der Waals surface area (Å²) in [5.74, 6) is 0.822. The first kappa shape index (κ1) is 21.6. The van der Waals surface area contributed by atoms with Crippen molar-refractivity contribution in [1.82, 2.24) is 9.21 Å². The van der Waals surface area contributed by atoms with Crippen LogP contribution < -0.4 is 9.47 Å². The lowest BCUT2D eigenvalue weighted by molar-refractivity contribution is 0.239. The van der Waals surface area contributed by atoms with Crippen LogP contribution in [0.1, 0.15) is 31.9 Å². The van der Waals surface area contributed by atoms with E-state index in [1.54, 1.807) is 16.4 Å². The highest BCUT2D eigenvalue weighted by Gasteiger charge is 2.37. The second-order valence-electron chi connectivity index (χ2n) is 7.25. The number of likely N-dealkylation sites (N-methyl/N-ethyl adjacent to an activating group) is 1. The number of hydrogen-bond acceptors (Lipinski definition) is 5. The zero-order valence-corrected chi connectivity index (χ0v) is 18.4. The van der Waals surface area contributed by atoms with Gasteiger partial charge in [-0.05, 0) is 31.0 Å². The average molecular weight is 419 g/mol. The molecule has 2 aromatic rings. The smallest absolute Gasteiger partial charge is 0.247 e. The molecule has 2 aromatic carbocycles. The number of sulfonamides is 1. The summed E-state index contributed by atoms with van der Waals surface area (Å²) in [6.07, 6.45) is 0.802. The summed E-state index contributed by atoms with van der Waals surface area (Å²) in [4.78, 5) is 2.50. The molecule has 0 amide bonds. The Balaban J connectivity index is 1.84.